The van der Waals surface area contributed by atoms with Crippen LogP contribution in [0.3, 0.4) is 0 Å². The summed E-state index contributed by atoms with van der Waals surface area (Å²) in [7, 11) is 0. The number of hydrogen-bond donors (Lipinski definition) is 1. The smallest absolute Gasteiger partial charge is 0.258 e. The molecule has 176 valence electrons. The van der Waals surface area contributed by atoms with Gasteiger partial charge in [-0.05, 0) is 29.8 Å². The number of piperazine rings is 1. The summed E-state index contributed by atoms with van der Waals surface area (Å²) in [4.78, 5) is 26.4. The summed E-state index contributed by atoms with van der Waals surface area (Å²) < 4.78 is 9.30. The van der Waals surface area contributed by atoms with Crippen LogP contribution < -0.4 is 15.6 Å². The number of benzene rings is 2. The zero-order chi connectivity index (χ0) is 22.6. The van der Waals surface area contributed by atoms with Crippen molar-refractivity contribution in [2.45, 2.75) is 13.2 Å². The molecule has 1 saturated heterocycles. The summed E-state index contributed by atoms with van der Waals surface area (Å²) in [5.41, 5.74) is 2.66. The molecule has 1 aliphatic rings. The number of aromatic nitrogens is 3. The van der Waals surface area contributed by atoms with Crippen molar-refractivity contribution in [1.29, 1.82) is 0 Å². The monoisotopic (exact) mass is 479 g/mol. The lowest BCUT2D eigenvalue weighted by Gasteiger charge is -2.26. The van der Waals surface area contributed by atoms with Crippen LogP contribution in [0.25, 0.3) is 16.6 Å². The van der Waals surface area contributed by atoms with Gasteiger partial charge in [-0.1, -0.05) is 30.3 Å². The summed E-state index contributed by atoms with van der Waals surface area (Å²) in [5, 5.41) is 8.30. The van der Waals surface area contributed by atoms with Crippen LogP contribution in [0, 0.1) is 0 Å². The average Bonchev–Trinajstić information content (AvgIpc) is 3.24. The minimum atomic E-state index is -0.157. The number of carbonyl (C=O) groups excluding carboxylic acids is 1. The van der Waals surface area contributed by atoms with Gasteiger partial charge in [0.2, 0.25) is 5.91 Å². The molecular formula is C25H26ClN5O3. The van der Waals surface area contributed by atoms with E-state index < -0.39 is 0 Å². The van der Waals surface area contributed by atoms with Gasteiger partial charge in [-0.3, -0.25) is 23.7 Å². The fourth-order valence-corrected chi connectivity index (χ4v) is 4.03. The van der Waals surface area contributed by atoms with Crippen LogP contribution in [0.4, 0.5) is 0 Å². The summed E-state index contributed by atoms with van der Waals surface area (Å²) in [6.07, 6.45) is 3.54. The van der Waals surface area contributed by atoms with Gasteiger partial charge in [-0.25, -0.2) is 0 Å². The Hall–Kier alpha value is -3.62. The van der Waals surface area contributed by atoms with Gasteiger partial charge in [0.15, 0.2) is 0 Å². The van der Waals surface area contributed by atoms with E-state index in [-0.39, 0.29) is 23.9 Å². The zero-order valence-corrected chi connectivity index (χ0v) is 19.4. The number of hydrogen-bond acceptors (Lipinski definition) is 5. The molecule has 0 spiro atoms. The Kier molecular flexibility index (Phi) is 7.30. The zero-order valence-electron chi connectivity index (χ0n) is 18.6. The Balaban J connectivity index is 0.00000274. The second kappa shape index (κ2) is 10.5. The molecule has 0 atom stereocenters. The van der Waals surface area contributed by atoms with E-state index in [4.69, 9.17) is 4.74 Å². The predicted molar refractivity (Wildman–Crippen MR) is 133 cm³/mol. The Bertz CT molecular complexity index is 1340. The van der Waals surface area contributed by atoms with Crippen LogP contribution in [0.5, 0.6) is 5.75 Å². The highest BCUT2D eigenvalue weighted by molar-refractivity contribution is 5.85. The molecule has 34 heavy (non-hydrogen) atoms. The van der Waals surface area contributed by atoms with Gasteiger partial charge in [0.05, 0.1) is 24.8 Å². The van der Waals surface area contributed by atoms with Gasteiger partial charge in [0.1, 0.15) is 12.4 Å². The SMILES string of the molecule is Cl.O=C1CN(CCn2ncc3cc(-n4ccc(OCc5ccccc5)cc4=O)ccc32)CCN1. The van der Waals surface area contributed by atoms with Gasteiger partial charge < -0.3 is 10.1 Å². The molecule has 2 aromatic heterocycles. The van der Waals surface area contributed by atoms with Crippen molar-refractivity contribution < 1.29 is 9.53 Å². The van der Waals surface area contributed by atoms with Crippen LogP contribution in [0.15, 0.2) is 77.9 Å². The number of halogens is 1. The number of fused-ring (bicyclic) bond motifs is 1. The fourth-order valence-electron chi connectivity index (χ4n) is 4.03. The van der Waals surface area contributed by atoms with Crippen LogP contribution in [-0.2, 0) is 17.9 Å². The van der Waals surface area contributed by atoms with Gasteiger partial charge in [-0.2, -0.15) is 5.10 Å². The molecule has 4 aromatic rings. The Labute approximate surface area is 203 Å². The first-order valence-electron chi connectivity index (χ1n) is 11.0. The maximum Gasteiger partial charge on any atom is 0.258 e. The molecule has 5 rings (SSSR count). The van der Waals surface area contributed by atoms with Crippen molar-refractivity contribution in [3.05, 3.63) is 89.0 Å². The minimum Gasteiger partial charge on any atom is -0.489 e. The first kappa shape index (κ1) is 23.5. The first-order chi connectivity index (χ1) is 16.2. The predicted octanol–water partition coefficient (Wildman–Crippen LogP) is 2.62. The molecule has 1 fully saturated rings. The summed E-state index contributed by atoms with van der Waals surface area (Å²) in [5.74, 6) is 0.610. The van der Waals surface area contributed by atoms with E-state index in [0.717, 1.165) is 35.2 Å². The third kappa shape index (κ3) is 5.30. The maximum atomic E-state index is 12.7. The van der Waals surface area contributed by atoms with E-state index in [0.29, 0.717) is 32.0 Å². The molecule has 9 heteroatoms. The van der Waals surface area contributed by atoms with Gasteiger partial charge in [0.25, 0.3) is 5.56 Å². The van der Waals surface area contributed by atoms with Crippen LogP contribution >= 0.6 is 12.4 Å². The third-order valence-corrected chi connectivity index (χ3v) is 5.79. The lowest BCUT2D eigenvalue weighted by molar-refractivity contribution is -0.124. The van der Waals surface area contributed by atoms with E-state index in [2.05, 4.69) is 15.3 Å². The number of nitrogens with zero attached hydrogens (tertiary/aromatic N) is 4. The summed E-state index contributed by atoms with van der Waals surface area (Å²) in [6, 6.07) is 19.0. The highest BCUT2D eigenvalue weighted by atomic mass is 35.5. The highest BCUT2D eigenvalue weighted by Crippen LogP contribution is 2.19. The van der Waals surface area contributed by atoms with Crippen molar-refractivity contribution >= 4 is 29.2 Å². The van der Waals surface area contributed by atoms with Crippen LogP contribution in [0.1, 0.15) is 5.56 Å². The highest BCUT2D eigenvalue weighted by Gasteiger charge is 2.16. The van der Waals surface area contributed by atoms with Gasteiger partial charge in [0, 0.05) is 43.0 Å². The topological polar surface area (TPSA) is 81.4 Å². The quantitative estimate of drug-likeness (QED) is 0.440. The Morgan fingerprint density at radius 2 is 1.85 bits per heavy atom. The van der Waals surface area contributed by atoms with Gasteiger partial charge in [-0.15, -0.1) is 12.4 Å². The Morgan fingerprint density at radius 1 is 1.00 bits per heavy atom. The van der Waals surface area contributed by atoms with Gasteiger partial charge >= 0.3 is 0 Å². The van der Waals surface area contributed by atoms with Crippen molar-refractivity contribution in [1.82, 2.24) is 24.6 Å². The molecule has 2 aromatic carbocycles. The molecule has 0 aliphatic carbocycles. The number of nitrogens with one attached hydrogen (secondary N) is 1. The van der Waals surface area contributed by atoms with Crippen molar-refractivity contribution in [3.8, 4) is 11.4 Å². The molecule has 0 radical (unpaired) electrons. The third-order valence-electron chi connectivity index (χ3n) is 5.79. The second-order valence-electron chi connectivity index (χ2n) is 8.08. The lowest BCUT2D eigenvalue weighted by atomic mass is 10.2. The summed E-state index contributed by atoms with van der Waals surface area (Å²) in [6.45, 7) is 3.84. The second-order valence-corrected chi connectivity index (χ2v) is 8.08. The molecule has 0 saturated carbocycles. The molecule has 3 heterocycles. The van der Waals surface area contributed by atoms with Crippen LogP contribution in [0.2, 0.25) is 0 Å². The maximum absolute atomic E-state index is 12.7. The fraction of sp³-hybridized carbons (Fsp3) is 0.240. The molecule has 1 N–H and O–H groups in total. The van der Waals surface area contributed by atoms with Crippen molar-refractivity contribution in [2.24, 2.45) is 0 Å². The number of pyridine rings is 1. The largest absolute Gasteiger partial charge is 0.489 e. The minimum absolute atomic E-state index is 0. The van der Waals surface area contributed by atoms with Crippen LogP contribution in [-0.4, -0.2) is 51.3 Å². The van der Waals surface area contributed by atoms with Crippen molar-refractivity contribution in [3.63, 3.8) is 0 Å². The van der Waals surface area contributed by atoms with E-state index in [1.54, 1.807) is 16.8 Å². The van der Waals surface area contributed by atoms with E-state index in [9.17, 15) is 9.59 Å². The molecule has 1 aliphatic heterocycles. The molecular weight excluding hydrogens is 454 g/mol. The lowest BCUT2D eigenvalue weighted by Crippen LogP contribution is -2.48. The molecule has 0 unspecified atom stereocenters. The number of rotatable bonds is 7. The first-order valence-corrected chi connectivity index (χ1v) is 11.0. The Morgan fingerprint density at radius 3 is 2.65 bits per heavy atom. The molecule has 1 amide bonds. The van der Waals surface area contributed by atoms with E-state index >= 15 is 0 Å². The average molecular weight is 480 g/mol. The molecule has 8 nitrogen and oxygen atoms in total. The number of ether oxygens (including phenoxy) is 1. The number of carbonyl (C=O) groups is 1. The van der Waals surface area contributed by atoms with Crippen molar-refractivity contribution in [2.75, 3.05) is 26.2 Å². The summed E-state index contributed by atoms with van der Waals surface area (Å²) >= 11 is 0. The molecule has 0 bridgehead atoms. The normalized spacial score (nSPS) is 13.9. The van der Waals surface area contributed by atoms with E-state index in [1.807, 2.05) is 59.4 Å². The number of amides is 1. The standard InChI is InChI=1S/C25H25N5O3.ClH/c31-24-17-28(11-9-26-24)12-13-30-23-7-6-21(14-20(23)16-27-30)29-10-8-22(15-25(29)32)33-18-19-4-2-1-3-5-19;/h1-8,10,14-16H,9,11-13,17-18H2,(H,26,31);1H. The van der Waals surface area contributed by atoms with E-state index in [1.165, 1.54) is 6.07 Å².